The minimum absolute atomic E-state index is 0.158. The fourth-order valence-corrected chi connectivity index (χ4v) is 3.45. The first kappa shape index (κ1) is 17.9. The maximum absolute atomic E-state index is 9.56. The average Bonchev–Trinajstić information content (AvgIpc) is 2.63. The monoisotopic (exact) mass is 284 g/mol. The molecule has 3 nitrogen and oxygen atoms in total. The number of likely N-dealkylation sites (N-methyl/N-ethyl adjacent to an activating group) is 1. The van der Waals surface area contributed by atoms with Crippen molar-refractivity contribution in [1.29, 1.82) is 0 Å². The Balaban J connectivity index is 2.56. The molecule has 120 valence electrons. The summed E-state index contributed by atoms with van der Waals surface area (Å²) in [6.07, 6.45) is 4.97. The van der Waals surface area contributed by atoms with Crippen LogP contribution in [0.4, 0.5) is 0 Å². The molecule has 3 heteroatoms. The molecule has 1 rings (SSSR count). The van der Waals surface area contributed by atoms with Gasteiger partial charge in [0.25, 0.3) is 0 Å². The molecule has 1 saturated heterocycles. The number of nitrogens with one attached hydrogen (secondary N) is 1. The van der Waals surface area contributed by atoms with E-state index < -0.39 is 0 Å². The van der Waals surface area contributed by atoms with Gasteiger partial charge in [-0.3, -0.25) is 0 Å². The second-order valence-electron chi connectivity index (χ2n) is 8.05. The van der Waals surface area contributed by atoms with Gasteiger partial charge in [0, 0.05) is 11.6 Å². The highest BCUT2D eigenvalue weighted by Crippen LogP contribution is 2.35. The lowest BCUT2D eigenvalue weighted by molar-refractivity contribution is 0.118. The number of likely N-dealkylation sites (tertiary alicyclic amines) is 1. The molecule has 3 unspecified atom stereocenters. The van der Waals surface area contributed by atoms with Gasteiger partial charge in [-0.1, -0.05) is 20.8 Å². The molecule has 0 saturated carbocycles. The van der Waals surface area contributed by atoms with Crippen molar-refractivity contribution in [2.24, 2.45) is 11.3 Å². The van der Waals surface area contributed by atoms with Gasteiger partial charge in [0.2, 0.25) is 0 Å². The molecule has 0 spiro atoms. The Kier molecular flexibility index (Phi) is 6.49. The largest absolute Gasteiger partial charge is 0.394 e. The quantitative estimate of drug-likeness (QED) is 0.815. The van der Waals surface area contributed by atoms with E-state index in [4.69, 9.17) is 0 Å². The van der Waals surface area contributed by atoms with Crippen LogP contribution in [0, 0.1) is 11.3 Å². The van der Waals surface area contributed by atoms with Crippen LogP contribution >= 0.6 is 0 Å². The van der Waals surface area contributed by atoms with E-state index in [1.165, 1.54) is 32.4 Å². The molecule has 1 aliphatic rings. The van der Waals surface area contributed by atoms with Gasteiger partial charge in [-0.2, -0.15) is 0 Å². The smallest absolute Gasteiger partial charge is 0.0611 e. The molecule has 0 aromatic rings. The summed E-state index contributed by atoms with van der Waals surface area (Å²) >= 11 is 0. The van der Waals surface area contributed by atoms with Gasteiger partial charge < -0.3 is 15.3 Å². The van der Waals surface area contributed by atoms with E-state index >= 15 is 0 Å². The third kappa shape index (κ3) is 5.01. The zero-order chi connectivity index (χ0) is 15.4. The fraction of sp³-hybridized carbons (Fsp3) is 1.00. The lowest BCUT2D eigenvalue weighted by Gasteiger charge is -2.36. The first-order valence-corrected chi connectivity index (χ1v) is 8.25. The summed E-state index contributed by atoms with van der Waals surface area (Å²) in [5.74, 6) is 0.841. The summed E-state index contributed by atoms with van der Waals surface area (Å²) in [5, 5.41) is 12.8. The molecular formula is C17H36N2O. The third-order valence-electron chi connectivity index (χ3n) is 5.31. The first-order chi connectivity index (χ1) is 9.22. The predicted octanol–water partition coefficient (Wildman–Crippen LogP) is 2.88. The van der Waals surface area contributed by atoms with Crippen LogP contribution in [-0.4, -0.2) is 48.3 Å². The Hall–Kier alpha value is -0.120. The molecule has 1 heterocycles. The van der Waals surface area contributed by atoms with Crippen molar-refractivity contribution in [2.75, 3.05) is 26.7 Å². The molecular weight excluding hydrogens is 248 g/mol. The topological polar surface area (TPSA) is 35.5 Å². The zero-order valence-corrected chi connectivity index (χ0v) is 14.5. The lowest BCUT2D eigenvalue weighted by Crippen LogP contribution is -2.49. The number of hydrogen-bond donors (Lipinski definition) is 2. The average molecular weight is 284 g/mol. The number of hydrogen-bond acceptors (Lipinski definition) is 3. The molecule has 1 aliphatic heterocycles. The highest BCUT2D eigenvalue weighted by molar-refractivity contribution is 4.87. The highest BCUT2D eigenvalue weighted by Gasteiger charge is 2.31. The van der Waals surface area contributed by atoms with Crippen LogP contribution in [0.2, 0.25) is 0 Å². The van der Waals surface area contributed by atoms with Gasteiger partial charge in [-0.25, -0.2) is 0 Å². The van der Waals surface area contributed by atoms with Gasteiger partial charge in [0.05, 0.1) is 6.61 Å². The number of aliphatic hydroxyl groups is 1. The van der Waals surface area contributed by atoms with Crippen LogP contribution < -0.4 is 5.32 Å². The van der Waals surface area contributed by atoms with E-state index in [9.17, 15) is 5.11 Å². The van der Waals surface area contributed by atoms with E-state index in [0.717, 1.165) is 12.3 Å². The molecule has 0 amide bonds. The van der Waals surface area contributed by atoms with Crippen LogP contribution in [0.25, 0.3) is 0 Å². The summed E-state index contributed by atoms with van der Waals surface area (Å²) < 4.78 is 0. The van der Waals surface area contributed by atoms with Gasteiger partial charge in [-0.05, 0) is 71.0 Å². The first-order valence-electron chi connectivity index (χ1n) is 8.25. The van der Waals surface area contributed by atoms with E-state index in [2.05, 4.69) is 44.8 Å². The van der Waals surface area contributed by atoms with Gasteiger partial charge in [0.1, 0.15) is 0 Å². The molecule has 2 N–H and O–H groups in total. The maximum Gasteiger partial charge on any atom is 0.0611 e. The maximum atomic E-state index is 9.56. The van der Waals surface area contributed by atoms with E-state index in [1.54, 1.807) is 0 Å². The van der Waals surface area contributed by atoms with Crippen molar-refractivity contribution in [2.45, 2.75) is 71.9 Å². The SMILES string of the molecule is CNC(C)(CO)CC(C)N1CCCC(C(C)(C)C)CC1. The van der Waals surface area contributed by atoms with Crippen molar-refractivity contribution in [3.63, 3.8) is 0 Å². The summed E-state index contributed by atoms with van der Waals surface area (Å²) in [6.45, 7) is 14.2. The van der Waals surface area contributed by atoms with Crippen molar-refractivity contribution in [1.82, 2.24) is 10.2 Å². The van der Waals surface area contributed by atoms with E-state index in [-0.39, 0.29) is 12.1 Å². The van der Waals surface area contributed by atoms with E-state index in [1.807, 2.05) is 7.05 Å². The molecule has 0 aliphatic carbocycles. The van der Waals surface area contributed by atoms with Crippen molar-refractivity contribution < 1.29 is 5.11 Å². The standard InChI is InChI=1S/C17H36N2O/c1-14(12-17(5,13-20)18-6)19-10-7-8-15(9-11-19)16(2,3)4/h14-15,18,20H,7-13H2,1-6H3. The predicted molar refractivity (Wildman–Crippen MR) is 87.0 cm³/mol. The molecule has 0 bridgehead atoms. The number of nitrogens with zero attached hydrogens (tertiary/aromatic N) is 1. The molecule has 0 radical (unpaired) electrons. The normalized spacial score (nSPS) is 26.9. The zero-order valence-electron chi connectivity index (χ0n) is 14.5. The Morgan fingerprint density at radius 2 is 1.85 bits per heavy atom. The minimum Gasteiger partial charge on any atom is -0.394 e. The Bertz CT molecular complexity index is 281. The molecule has 1 fully saturated rings. The van der Waals surface area contributed by atoms with Crippen LogP contribution in [0.5, 0.6) is 0 Å². The lowest BCUT2D eigenvalue weighted by atomic mass is 9.77. The second kappa shape index (κ2) is 7.24. The minimum atomic E-state index is -0.158. The number of rotatable bonds is 5. The summed E-state index contributed by atoms with van der Waals surface area (Å²) in [7, 11) is 1.95. The fourth-order valence-electron chi connectivity index (χ4n) is 3.45. The number of aliphatic hydroxyl groups excluding tert-OH is 1. The highest BCUT2D eigenvalue weighted by atomic mass is 16.3. The van der Waals surface area contributed by atoms with Crippen LogP contribution in [0.3, 0.4) is 0 Å². The summed E-state index contributed by atoms with van der Waals surface area (Å²) in [4.78, 5) is 2.62. The van der Waals surface area contributed by atoms with Crippen molar-refractivity contribution >= 4 is 0 Å². The molecule has 20 heavy (non-hydrogen) atoms. The van der Waals surface area contributed by atoms with Crippen LogP contribution in [0.15, 0.2) is 0 Å². The molecule has 0 aromatic carbocycles. The van der Waals surface area contributed by atoms with Gasteiger partial charge >= 0.3 is 0 Å². The Labute approximate surface area is 126 Å². The van der Waals surface area contributed by atoms with E-state index in [0.29, 0.717) is 11.5 Å². The molecule has 3 atom stereocenters. The summed E-state index contributed by atoms with van der Waals surface area (Å²) in [5.41, 5.74) is 0.277. The summed E-state index contributed by atoms with van der Waals surface area (Å²) in [6, 6.07) is 0.526. The second-order valence-corrected chi connectivity index (χ2v) is 8.05. The van der Waals surface area contributed by atoms with Crippen LogP contribution in [-0.2, 0) is 0 Å². The Morgan fingerprint density at radius 1 is 1.20 bits per heavy atom. The van der Waals surface area contributed by atoms with Crippen molar-refractivity contribution in [3.8, 4) is 0 Å². The molecule has 0 aromatic heterocycles. The third-order valence-corrected chi connectivity index (χ3v) is 5.31. The Morgan fingerprint density at radius 3 is 2.35 bits per heavy atom. The van der Waals surface area contributed by atoms with Gasteiger partial charge in [-0.15, -0.1) is 0 Å². The van der Waals surface area contributed by atoms with Gasteiger partial charge in [0.15, 0.2) is 0 Å². The van der Waals surface area contributed by atoms with Crippen LogP contribution in [0.1, 0.15) is 60.3 Å². The van der Waals surface area contributed by atoms with Crippen molar-refractivity contribution in [3.05, 3.63) is 0 Å².